The maximum Gasteiger partial charge on any atom is 0.229 e. The van der Waals surface area contributed by atoms with Crippen LogP contribution in [0.25, 0.3) is 11.2 Å². The van der Waals surface area contributed by atoms with Crippen molar-refractivity contribution in [3.8, 4) is 5.75 Å². The largest absolute Gasteiger partial charge is 0.546 e. The molecule has 2 aromatic heterocycles. The van der Waals surface area contributed by atoms with Gasteiger partial charge in [0.15, 0.2) is 11.5 Å². The summed E-state index contributed by atoms with van der Waals surface area (Å²) in [6, 6.07) is 5.97. The Hall–Kier alpha value is -2.67. The van der Waals surface area contributed by atoms with E-state index in [0.29, 0.717) is 17.0 Å². The third-order valence-corrected chi connectivity index (χ3v) is 3.77. The van der Waals surface area contributed by atoms with E-state index >= 15 is 0 Å². The maximum atomic E-state index is 5.92. The lowest BCUT2D eigenvalue weighted by atomic mass is 10.2. The van der Waals surface area contributed by atoms with Crippen molar-refractivity contribution in [3.63, 3.8) is 0 Å². The van der Waals surface area contributed by atoms with Crippen LogP contribution in [0.15, 0.2) is 41.8 Å². The second-order valence-corrected chi connectivity index (χ2v) is 7.72. The molecule has 0 bridgehead atoms. The summed E-state index contributed by atoms with van der Waals surface area (Å²) < 4.78 is 5.92. The number of aryl methyl sites for hydroxylation is 1. The average Bonchev–Trinajstić information content (AvgIpc) is 2.54. The predicted molar refractivity (Wildman–Crippen MR) is 93.1 cm³/mol. The van der Waals surface area contributed by atoms with Crippen LogP contribution in [0.4, 0.5) is 5.69 Å². The van der Waals surface area contributed by atoms with E-state index in [-0.39, 0.29) is 0 Å². The number of nitrogens with zero attached hydrogens (tertiary/aromatic N) is 5. The third kappa shape index (κ3) is 3.75. The molecule has 1 aromatic carbocycles. The van der Waals surface area contributed by atoms with Crippen molar-refractivity contribution < 1.29 is 4.43 Å². The summed E-state index contributed by atoms with van der Waals surface area (Å²) in [5, 5.41) is 0. The van der Waals surface area contributed by atoms with Crippen LogP contribution in [0.2, 0.25) is 13.1 Å². The molecule has 0 radical (unpaired) electrons. The Labute approximate surface area is 136 Å². The number of rotatable bonds is 4. The van der Waals surface area contributed by atoms with Gasteiger partial charge in [0, 0.05) is 12.4 Å². The van der Waals surface area contributed by atoms with Gasteiger partial charge in [0.2, 0.25) is 9.04 Å². The van der Waals surface area contributed by atoms with Crippen molar-refractivity contribution in [1.29, 1.82) is 0 Å². The SMILES string of the molecule is Cc1ccc(O[SiH](C)C)c(N=Cc2ncc3nccnc3n2)c1. The van der Waals surface area contributed by atoms with Gasteiger partial charge in [0.1, 0.15) is 17.0 Å². The fourth-order valence-corrected chi connectivity index (χ4v) is 2.76. The summed E-state index contributed by atoms with van der Waals surface area (Å²) in [4.78, 5) is 21.4. The highest BCUT2D eigenvalue weighted by Gasteiger charge is 2.06. The zero-order valence-corrected chi connectivity index (χ0v) is 14.4. The van der Waals surface area contributed by atoms with Gasteiger partial charge in [0.05, 0.1) is 12.4 Å². The van der Waals surface area contributed by atoms with Crippen molar-refractivity contribution in [2.75, 3.05) is 0 Å². The number of aromatic nitrogens is 4. The number of fused-ring (bicyclic) bond motifs is 1. The summed E-state index contributed by atoms with van der Waals surface area (Å²) in [6.45, 7) is 6.27. The Balaban J connectivity index is 1.93. The van der Waals surface area contributed by atoms with Gasteiger partial charge in [-0.2, -0.15) is 0 Å². The summed E-state index contributed by atoms with van der Waals surface area (Å²) in [5.74, 6) is 1.29. The zero-order chi connectivity index (χ0) is 16.2. The first-order valence-corrected chi connectivity index (χ1v) is 10.1. The van der Waals surface area contributed by atoms with E-state index in [1.165, 1.54) is 0 Å². The van der Waals surface area contributed by atoms with Crippen molar-refractivity contribution in [1.82, 2.24) is 19.9 Å². The highest BCUT2D eigenvalue weighted by atomic mass is 28.3. The minimum absolute atomic E-state index is 0.493. The molecule has 0 N–H and O–H groups in total. The lowest BCUT2D eigenvalue weighted by Gasteiger charge is -2.12. The summed E-state index contributed by atoms with van der Waals surface area (Å²) in [6.07, 6.45) is 6.49. The Morgan fingerprint density at radius 2 is 1.96 bits per heavy atom. The molecule has 7 heteroatoms. The zero-order valence-electron chi connectivity index (χ0n) is 13.3. The molecule has 0 amide bonds. The number of aliphatic imine (C=N–C) groups is 1. The van der Waals surface area contributed by atoms with Gasteiger partial charge in [-0.3, -0.25) is 0 Å². The molecule has 23 heavy (non-hydrogen) atoms. The van der Waals surface area contributed by atoms with Crippen LogP contribution in [-0.2, 0) is 0 Å². The van der Waals surface area contributed by atoms with Gasteiger partial charge in [-0.15, -0.1) is 0 Å². The van der Waals surface area contributed by atoms with Crippen molar-refractivity contribution in [3.05, 3.63) is 48.2 Å². The van der Waals surface area contributed by atoms with E-state index in [0.717, 1.165) is 17.0 Å². The first-order chi connectivity index (χ1) is 11.1. The van der Waals surface area contributed by atoms with E-state index in [1.807, 2.05) is 25.1 Å². The highest BCUT2D eigenvalue weighted by Crippen LogP contribution is 2.29. The maximum absolute atomic E-state index is 5.92. The molecule has 0 aliphatic rings. The van der Waals surface area contributed by atoms with Gasteiger partial charge >= 0.3 is 0 Å². The van der Waals surface area contributed by atoms with Crippen molar-refractivity contribution >= 4 is 32.1 Å². The van der Waals surface area contributed by atoms with E-state index in [2.05, 4.69) is 38.0 Å². The minimum atomic E-state index is -1.20. The summed E-state index contributed by atoms with van der Waals surface area (Å²) in [5.41, 5.74) is 3.13. The van der Waals surface area contributed by atoms with Gasteiger partial charge < -0.3 is 4.43 Å². The molecular formula is C16H17N5OSi. The van der Waals surface area contributed by atoms with Gasteiger partial charge in [-0.25, -0.2) is 24.9 Å². The fourth-order valence-electron chi connectivity index (χ4n) is 2.05. The minimum Gasteiger partial charge on any atom is -0.546 e. The van der Waals surface area contributed by atoms with Gasteiger partial charge in [-0.1, -0.05) is 6.07 Å². The molecular weight excluding hydrogens is 306 g/mol. The average molecular weight is 323 g/mol. The summed E-state index contributed by atoms with van der Waals surface area (Å²) in [7, 11) is -1.20. The Morgan fingerprint density at radius 3 is 2.78 bits per heavy atom. The smallest absolute Gasteiger partial charge is 0.229 e. The first-order valence-electron chi connectivity index (χ1n) is 7.37. The van der Waals surface area contributed by atoms with Gasteiger partial charge in [0.25, 0.3) is 0 Å². The van der Waals surface area contributed by atoms with Crippen LogP contribution in [0, 0.1) is 6.92 Å². The summed E-state index contributed by atoms with van der Waals surface area (Å²) >= 11 is 0. The Morgan fingerprint density at radius 1 is 1.13 bits per heavy atom. The molecule has 0 saturated carbocycles. The number of hydrogen-bond donors (Lipinski definition) is 0. The molecule has 0 saturated heterocycles. The normalized spacial score (nSPS) is 11.5. The van der Waals surface area contributed by atoms with Crippen LogP contribution < -0.4 is 4.43 Å². The van der Waals surface area contributed by atoms with Crippen molar-refractivity contribution in [2.24, 2.45) is 4.99 Å². The van der Waals surface area contributed by atoms with Crippen LogP contribution in [0.3, 0.4) is 0 Å². The number of hydrogen-bond acceptors (Lipinski definition) is 6. The van der Waals surface area contributed by atoms with Crippen LogP contribution in [-0.4, -0.2) is 35.2 Å². The Kier molecular flexibility index (Phi) is 4.38. The molecule has 0 atom stereocenters. The van der Waals surface area contributed by atoms with E-state index in [4.69, 9.17) is 4.43 Å². The quantitative estimate of drug-likeness (QED) is 0.545. The molecule has 0 aliphatic heterocycles. The predicted octanol–water partition coefficient (Wildman–Crippen LogP) is 2.84. The van der Waals surface area contributed by atoms with E-state index in [1.54, 1.807) is 24.8 Å². The Bertz CT molecular complexity index is 866. The van der Waals surface area contributed by atoms with Crippen LogP contribution in [0.1, 0.15) is 11.4 Å². The molecule has 0 unspecified atom stereocenters. The first kappa shape index (κ1) is 15.2. The second kappa shape index (κ2) is 6.61. The molecule has 116 valence electrons. The molecule has 0 aliphatic carbocycles. The highest BCUT2D eigenvalue weighted by molar-refractivity contribution is 6.49. The number of benzene rings is 1. The molecule has 0 spiro atoms. The van der Waals surface area contributed by atoms with Crippen LogP contribution in [0.5, 0.6) is 5.75 Å². The fraction of sp³-hybridized carbons (Fsp3) is 0.188. The molecule has 3 rings (SSSR count). The molecule has 0 fully saturated rings. The molecule has 3 aromatic rings. The lowest BCUT2D eigenvalue weighted by molar-refractivity contribution is 0.582. The monoisotopic (exact) mass is 323 g/mol. The van der Waals surface area contributed by atoms with Crippen LogP contribution >= 0.6 is 0 Å². The molecule has 2 heterocycles. The van der Waals surface area contributed by atoms with E-state index < -0.39 is 9.04 Å². The third-order valence-electron chi connectivity index (χ3n) is 3.04. The topological polar surface area (TPSA) is 73.2 Å². The standard InChI is InChI=1S/C16H17N5OSi/c1-11-4-5-14(22-23(2)3)12(8-11)19-10-15-20-9-13-16(21-15)18-7-6-17-13/h4-10,23H,1-3H3. The second-order valence-electron chi connectivity index (χ2n) is 5.39. The van der Waals surface area contributed by atoms with Gasteiger partial charge in [-0.05, 0) is 37.7 Å². The lowest BCUT2D eigenvalue weighted by Crippen LogP contribution is -2.11. The molecule has 6 nitrogen and oxygen atoms in total. The van der Waals surface area contributed by atoms with Crippen molar-refractivity contribution in [2.45, 2.75) is 20.0 Å². The van der Waals surface area contributed by atoms with E-state index in [9.17, 15) is 0 Å².